The van der Waals surface area contributed by atoms with Crippen molar-refractivity contribution in [2.75, 3.05) is 0 Å². The topological polar surface area (TPSA) is 46.2 Å². The van der Waals surface area contributed by atoms with Gasteiger partial charge in [0.25, 0.3) is 0 Å². The fourth-order valence-corrected chi connectivity index (χ4v) is 3.08. The van der Waals surface area contributed by atoms with Gasteiger partial charge < -0.3 is 10.8 Å². The number of alkyl halides is 2. The molecule has 88 valence electrons. The zero-order valence-corrected chi connectivity index (χ0v) is 8.94. The van der Waals surface area contributed by atoms with Crippen molar-refractivity contribution in [3.05, 3.63) is 0 Å². The molecule has 0 aromatic carbocycles. The van der Waals surface area contributed by atoms with Crippen LogP contribution in [0.25, 0.3) is 0 Å². The fourth-order valence-electron chi connectivity index (χ4n) is 3.08. The van der Waals surface area contributed by atoms with Crippen LogP contribution in [0.4, 0.5) is 8.78 Å². The summed E-state index contributed by atoms with van der Waals surface area (Å²) in [7, 11) is 0. The Kier molecular flexibility index (Phi) is 2.54. The van der Waals surface area contributed by atoms with Crippen LogP contribution in [0.1, 0.15) is 51.4 Å². The Balaban J connectivity index is 2.15. The van der Waals surface area contributed by atoms with E-state index < -0.39 is 17.1 Å². The van der Waals surface area contributed by atoms with Crippen LogP contribution in [0.3, 0.4) is 0 Å². The predicted molar refractivity (Wildman–Crippen MR) is 53.8 cm³/mol. The highest BCUT2D eigenvalue weighted by Gasteiger charge is 2.57. The van der Waals surface area contributed by atoms with Crippen LogP contribution in [-0.4, -0.2) is 22.2 Å². The Morgan fingerprint density at radius 1 is 0.933 bits per heavy atom. The molecule has 2 fully saturated rings. The van der Waals surface area contributed by atoms with Crippen molar-refractivity contribution in [3.8, 4) is 0 Å². The molecular formula is C11H19F2NO. The lowest BCUT2D eigenvalue weighted by Gasteiger charge is -2.45. The maximum absolute atomic E-state index is 13.2. The van der Waals surface area contributed by atoms with Gasteiger partial charge in [-0.1, -0.05) is 19.3 Å². The summed E-state index contributed by atoms with van der Waals surface area (Å²) in [4.78, 5) is 0. The van der Waals surface area contributed by atoms with Crippen molar-refractivity contribution >= 4 is 0 Å². The lowest BCUT2D eigenvalue weighted by molar-refractivity contribution is -0.0794. The van der Waals surface area contributed by atoms with Gasteiger partial charge in [-0.3, -0.25) is 0 Å². The Labute approximate surface area is 88.8 Å². The second-order valence-electron chi connectivity index (χ2n) is 5.28. The Morgan fingerprint density at radius 3 is 2.00 bits per heavy atom. The normalized spacial score (nSPS) is 39.2. The van der Waals surface area contributed by atoms with E-state index in [0.717, 1.165) is 19.3 Å². The van der Waals surface area contributed by atoms with E-state index in [-0.39, 0.29) is 19.3 Å². The molecule has 2 saturated carbocycles. The van der Waals surface area contributed by atoms with Gasteiger partial charge in [0, 0.05) is 12.8 Å². The van der Waals surface area contributed by atoms with Crippen LogP contribution >= 0.6 is 0 Å². The van der Waals surface area contributed by atoms with Crippen molar-refractivity contribution in [2.24, 2.45) is 5.73 Å². The van der Waals surface area contributed by atoms with E-state index in [0.29, 0.717) is 12.8 Å². The van der Waals surface area contributed by atoms with Crippen LogP contribution < -0.4 is 5.73 Å². The summed E-state index contributed by atoms with van der Waals surface area (Å²) in [6, 6.07) is 0. The third-order valence-corrected chi connectivity index (χ3v) is 4.12. The molecule has 0 aliphatic heterocycles. The molecule has 2 nitrogen and oxygen atoms in total. The molecule has 0 aromatic heterocycles. The average Bonchev–Trinajstić information content (AvgIpc) is 2.44. The number of aliphatic hydroxyl groups is 1. The van der Waals surface area contributed by atoms with Crippen LogP contribution in [0, 0.1) is 0 Å². The summed E-state index contributed by atoms with van der Waals surface area (Å²) in [6.45, 7) is 0. The van der Waals surface area contributed by atoms with Gasteiger partial charge in [0.05, 0.1) is 11.1 Å². The van der Waals surface area contributed by atoms with Crippen molar-refractivity contribution in [1.29, 1.82) is 0 Å². The molecule has 1 unspecified atom stereocenters. The maximum Gasteiger partial charge on any atom is 0.250 e. The maximum atomic E-state index is 13.2. The molecule has 2 aliphatic rings. The molecule has 0 aromatic rings. The number of halogens is 2. The van der Waals surface area contributed by atoms with E-state index >= 15 is 0 Å². The minimum Gasteiger partial charge on any atom is -0.388 e. The molecule has 2 rings (SSSR count). The van der Waals surface area contributed by atoms with E-state index in [1.807, 2.05) is 0 Å². The molecule has 0 spiro atoms. The lowest BCUT2D eigenvalue weighted by atomic mass is 9.70. The summed E-state index contributed by atoms with van der Waals surface area (Å²) >= 11 is 0. The van der Waals surface area contributed by atoms with Gasteiger partial charge >= 0.3 is 0 Å². The minimum atomic E-state index is -2.68. The van der Waals surface area contributed by atoms with Crippen LogP contribution in [0.15, 0.2) is 0 Å². The first kappa shape index (κ1) is 11.3. The van der Waals surface area contributed by atoms with Crippen LogP contribution in [-0.2, 0) is 0 Å². The first-order chi connectivity index (χ1) is 6.87. The molecule has 0 amide bonds. The summed E-state index contributed by atoms with van der Waals surface area (Å²) in [5.74, 6) is -2.68. The number of hydrogen-bond acceptors (Lipinski definition) is 2. The smallest absolute Gasteiger partial charge is 0.250 e. The van der Waals surface area contributed by atoms with Crippen molar-refractivity contribution < 1.29 is 13.9 Å². The Bertz CT molecular complexity index is 251. The van der Waals surface area contributed by atoms with E-state index in [4.69, 9.17) is 5.73 Å². The van der Waals surface area contributed by atoms with Gasteiger partial charge in [0.2, 0.25) is 5.92 Å². The average molecular weight is 219 g/mol. The van der Waals surface area contributed by atoms with Crippen LogP contribution in [0.2, 0.25) is 0 Å². The van der Waals surface area contributed by atoms with E-state index in [2.05, 4.69) is 0 Å². The number of rotatable bonds is 1. The highest BCUT2D eigenvalue weighted by atomic mass is 19.3. The molecule has 15 heavy (non-hydrogen) atoms. The molecule has 4 heteroatoms. The lowest BCUT2D eigenvalue weighted by Crippen LogP contribution is -2.60. The van der Waals surface area contributed by atoms with Crippen molar-refractivity contribution in [3.63, 3.8) is 0 Å². The monoisotopic (exact) mass is 219 g/mol. The highest BCUT2D eigenvalue weighted by Crippen LogP contribution is 2.49. The highest BCUT2D eigenvalue weighted by molar-refractivity contribution is 5.10. The van der Waals surface area contributed by atoms with Crippen LogP contribution in [0.5, 0.6) is 0 Å². The Morgan fingerprint density at radius 2 is 1.53 bits per heavy atom. The summed E-state index contributed by atoms with van der Waals surface area (Å²) < 4.78 is 26.3. The summed E-state index contributed by atoms with van der Waals surface area (Å²) in [6.07, 6.45) is 3.77. The molecule has 0 radical (unpaired) electrons. The van der Waals surface area contributed by atoms with Gasteiger partial charge in [0.15, 0.2) is 0 Å². The second-order valence-corrected chi connectivity index (χ2v) is 5.28. The SMILES string of the molecule is NC1(C2(O)CCCCC2)CCC(F)(F)C1. The molecule has 3 N–H and O–H groups in total. The summed E-state index contributed by atoms with van der Waals surface area (Å²) in [5, 5.41) is 10.4. The van der Waals surface area contributed by atoms with Gasteiger partial charge in [-0.05, 0) is 19.3 Å². The van der Waals surface area contributed by atoms with Gasteiger partial charge in [-0.15, -0.1) is 0 Å². The fraction of sp³-hybridized carbons (Fsp3) is 1.00. The predicted octanol–water partition coefficient (Wildman–Crippen LogP) is 2.20. The molecule has 1 atom stereocenters. The van der Waals surface area contributed by atoms with E-state index in [1.54, 1.807) is 0 Å². The van der Waals surface area contributed by atoms with Gasteiger partial charge in [0.1, 0.15) is 0 Å². The molecule has 0 saturated heterocycles. The number of nitrogens with two attached hydrogens (primary N) is 1. The van der Waals surface area contributed by atoms with Gasteiger partial charge in [-0.25, -0.2) is 8.78 Å². The molecule has 2 aliphatic carbocycles. The molecule has 0 bridgehead atoms. The third-order valence-electron chi connectivity index (χ3n) is 4.12. The van der Waals surface area contributed by atoms with Crippen molar-refractivity contribution in [2.45, 2.75) is 68.4 Å². The van der Waals surface area contributed by atoms with Gasteiger partial charge in [-0.2, -0.15) is 0 Å². The molecular weight excluding hydrogens is 200 g/mol. The quantitative estimate of drug-likeness (QED) is 0.710. The van der Waals surface area contributed by atoms with E-state index in [1.165, 1.54) is 0 Å². The standard InChI is InChI=1S/C11H19F2NO/c12-11(13)7-6-9(14,8-11)10(15)4-2-1-3-5-10/h15H,1-8,14H2. The summed E-state index contributed by atoms with van der Waals surface area (Å²) in [5.41, 5.74) is 3.90. The first-order valence-corrected chi connectivity index (χ1v) is 5.76. The largest absolute Gasteiger partial charge is 0.388 e. The molecule has 0 heterocycles. The third kappa shape index (κ3) is 1.89. The minimum absolute atomic E-state index is 0.175. The number of hydrogen-bond donors (Lipinski definition) is 2. The first-order valence-electron chi connectivity index (χ1n) is 5.76. The zero-order valence-electron chi connectivity index (χ0n) is 8.94. The van der Waals surface area contributed by atoms with Crippen molar-refractivity contribution in [1.82, 2.24) is 0 Å². The van der Waals surface area contributed by atoms with E-state index in [9.17, 15) is 13.9 Å². The second kappa shape index (κ2) is 3.39. The zero-order chi connectivity index (χ0) is 11.2. The Hall–Kier alpha value is -0.220.